The Morgan fingerprint density at radius 2 is 2.05 bits per heavy atom. The van der Waals surface area contributed by atoms with Crippen molar-refractivity contribution in [2.24, 2.45) is 5.92 Å². The van der Waals surface area contributed by atoms with Crippen LogP contribution >= 0.6 is 15.9 Å². The number of nitrogens with one attached hydrogen (secondary N) is 1. The van der Waals surface area contributed by atoms with E-state index >= 15 is 0 Å². The fourth-order valence-corrected chi connectivity index (χ4v) is 2.12. The number of hydrogen-bond donors (Lipinski definition) is 2. The number of nitro benzene ring substituents is 1. The van der Waals surface area contributed by atoms with E-state index in [-0.39, 0.29) is 28.1 Å². The summed E-state index contributed by atoms with van der Waals surface area (Å²) in [5.41, 5.74) is -0.210. The Morgan fingerprint density at radius 1 is 1.43 bits per heavy atom. The maximum absolute atomic E-state index is 12.0. The van der Waals surface area contributed by atoms with E-state index in [9.17, 15) is 19.7 Å². The smallest absolute Gasteiger partial charge is 0.326 e. The number of carbonyl (C=O) groups is 2. The summed E-state index contributed by atoms with van der Waals surface area (Å²) in [6.07, 6.45) is 0.277. The Kier molecular flexibility index (Phi) is 5.83. The van der Waals surface area contributed by atoms with Gasteiger partial charge in [0.25, 0.3) is 11.6 Å². The Balaban J connectivity index is 2.95. The Morgan fingerprint density at radius 3 is 2.52 bits per heavy atom. The van der Waals surface area contributed by atoms with Crippen molar-refractivity contribution >= 4 is 33.5 Å². The number of aliphatic carboxylic acids is 1. The molecule has 7 nitrogen and oxygen atoms in total. The van der Waals surface area contributed by atoms with Gasteiger partial charge in [0.15, 0.2) is 0 Å². The van der Waals surface area contributed by atoms with E-state index in [1.165, 1.54) is 12.1 Å². The van der Waals surface area contributed by atoms with Crippen LogP contribution in [0.5, 0.6) is 0 Å². The first kappa shape index (κ1) is 17.1. The van der Waals surface area contributed by atoms with Crippen LogP contribution in [0.3, 0.4) is 0 Å². The van der Waals surface area contributed by atoms with Gasteiger partial charge in [0, 0.05) is 11.6 Å². The fraction of sp³-hybridized carbons (Fsp3) is 0.385. The molecule has 0 aliphatic heterocycles. The Labute approximate surface area is 129 Å². The summed E-state index contributed by atoms with van der Waals surface area (Å²) in [7, 11) is 0. The van der Waals surface area contributed by atoms with Crippen LogP contribution < -0.4 is 5.32 Å². The van der Waals surface area contributed by atoms with E-state index in [0.717, 1.165) is 6.07 Å². The third-order valence-corrected chi connectivity index (χ3v) is 3.39. The quantitative estimate of drug-likeness (QED) is 0.599. The molecule has 1 unspecified atom stereocenters. The SMILES string of the molecule is CC(C)CC(NC(=O)c1ccc(Br)c([N+](=O)[O-])c1)C(=O)O. The van der Waals surface area contributed by atoms with Crippen LogP contribution in [0.1, 0.15) is 30.6 Å². The zero-order valence-corrected chi connectivity index (χ0v) is 13.1. The molecule has 1 aromatic rings. The standard InChI is InChI=1S/C13H15BrN2O5/c1-7(2)5-10(13(18)19)15-12(17)8-3-4-9(14)11(6-8)16(20)21/h3-4,6-7,10H,5H2,1-2H3,(H,15,17)(H,18,19). The van der Waals surface area contributed by atoms with E-state index in [2.05, 4.69) is 21.2 Å². The highest BCUT2D eigenvalue weighted by Gasteiger charge is 2.23. The monoisotopic (exact) mass is 358 g/mol. The molecule has 0 bridgehead atoms. The van der Waals surface area contributed by atoms with Crippen LogP contribution in [0.25, 0.3) is 0 Å². The molecule has 1 rings (SSSR count). The minimum atomic E-state index is -1.14. The van der Waals surface area contributed by atoms with E-state index in [1.54, 1.807) is 0 Å². The second-order valence-corrected chi connectivity index (χ2v) is 5.77. The van der Waals surface area contributed by atoms with Gasteiger partial charge in [-0.05, 0) is 40.4 Å². The number of rotatable bonds is 6. The first-order valence-electron chi connectivity index (χ1n) is 6.20. The summed E-state index contributed by atoms with van der Waals surface area (Å²) in [6.45, 7) is 3.68. The van der Waals surface area contributed by atoms with Crippen molar-refractivity contribution in [3.8, 4) is 0 Å². The van der Waals surface area contributed by atoms with E-state index in [1.807, 2.05) is 13.8 Å². The molecule has 0 aliphatic carbocycles. The fourth-order valence-electron chi connectivity index (χ4n) is 1.73. The third kappa shape index (κ3) is 4.82. The highest BCUT2D eigenvalue weighted by molar-refractivity contribution is 9.10. The van der Waals surface area contributed by atoms with Gasteiger partial charge in [0.05, 0.1) is 9.40 Å². The predicted molar refractivity (Wildman–Crippen MR) is 79.1 cm³/mol. The average Bonchev–Trinajstić information content (AvgIpc) is 2.37. The molecule has 0 heterocycles. The van der Waals surface area contributed by atoms with E-state index < -0.39 is 22.8 Å². The van der Waals surface area contributed by atoms with Crippen LogP contribution in [0.4, 0.5) is 5.69 Å². The zero-order valence-electron chi connectivity index (χ0n) is 11.5. The summed E-state index contributed by atoms with van der Waals surface area (Å²) < 4.78 is 0.251. The summed E-state index contributed by atoms with van der Waals surface area (Å²) >= 11 is 3.02. The molecule has 0 saturated heterocycles. The van der Waals surface area contributed by atoms with Gasteiger partial charge in [0.2, 0.25) is 0 Å². The van der Waals surface area contributed by atoms with Gasteiger partial charge in [-0.2, -0.15) is 0 Å². The van der Waals surface area contributed by atoms with E-state index in [0.29, 0.717) is 0 Å². The molecule has 1 amide bonds. The summed E-state index contributed by atoms with van der Waals surface area (Å²) in [5.74, 6) is -1.70. The number of halogens is 1. The molecule has 0 radical (unpaired) electrons. The molecule has 0 fully saturated rings. The Hall–Kier alpha value is -1.96. The minimum Gasteiger partial charge on any atom is -0.480 e. The highest BCUT2D eigenvalue weighted by Crippen LogP contribution is 2.25. The lowest BCUT2D eigenvalue weighted by atomic mass is 10.0. The molecular formula is C13H15BrN2O5. The lowest BCUT2D eigenvalue weighted by molar-refractivity contribution is -0.385. The first-order valence-corrected chi connectivity index (χ1v) is 6.99. The second-order valence-electron chi connectivity index (χ2n) is 4.92. The van der Waals surface area contributed by atoms with E-state index in [4.69, 9.17) is 5.11 Å². The third-order valence-electron chi connectivity index (χ3n) is 2.72. The molecule has 8 heteroatoms. The first-order chi connectivity index (χ1) is 9.72. The summed E-state index contributed by atoms with van der Waals surface area (Å²) in [5, 5.41) is 22.3. The minimum absolute atomic E-state index is 0.0416. The average molecular weight is 359 g/mol. The normalized spacial score (nSPS) is 12.0. The van der Waals surface area contributed by atoms with Crippen molar-refractivity contribution in [2.75, 3.05) is 0 Å². The highest BCUT2D eigenvalue weighted by atomic mass is 79.9. The molecule has 0 saturated carbocycles. The predicted octanol–water partition coefficient (Wildman–Crippen LogP) is 2.59. The van der Waals surface area contributed by atoms with Gasteiger partial charge in [-0.15, -0.1) is 0 Å². The molecule has 1 atom stereocenters. The molecule has 114 valence electrons. The number of nitrogens with zero attached hydrogens (tertiary/aromatic N) is 1. The molecule has 0 spiro atoms. The number of nitro groups is 1. The van der Waals surface area contributed by atoms with Crippen LogP contribution in [0, 0.1) is 16.0 Å². The van der Waals surface area contributed by atoms with Crippen molar-refractivity contribution in [1.82, 2.24) is 5.32 Å². The van der Waals surface area contributed by atoms with Crippen molar-refractivity contribution < 1.29 is 19.6 Å². The van der Waals surface area contributed by atoms with Crippen molar-refractivity contribution in [2.45, 2.75) is 26.3 Å². The van der Waals surface area contributed by atoms with Crippen LogP contribution in [0.2, 0.25) is 0 Å². The van der Waals surface area contributed by atoms with Crippen molar-refractivity contribution in [3.05, 3.63) is 38.3 Å². The van der Waals surface area contributed by atoms with Crippen LogP contribution in [-0.2, 0) is 4.79 Å². The molecule has 2 N–H and O–H groups in total. The number of benzene rings is 1. The van der Waals surface area contributed by atoms with Crippen LogP contribution in [-0.4, -0.2) is 27.9 Å². The largest absolute Gasteiger partial charge is 0.480 e. The van der Waals surface area contributed by atoms with Gasteiger partial charge < -0.3 is 10.4 Å². The second kappa shape index (κ2) is 7.16. The summed E-state index contributed by atoms with van der Waals surface area (Å²) in [6, 6.07) is 2.85. The van der Waals surface area contributed by atoms with Gasteiger partial charge in [0.1, 0.15) is 6.04 Å². The van der Waals surface area contributed by atoms with Crippen LogP contribution in [0.15, 0.2) is 22.7 Å². The Bertz CT molecular complexity index is 574. The topological polar surface area (TPSA) is 110 Å². The molecule has 1 aromatic carbocycles. The zero-order chi connectivity index (χ0) is 16.2. The number of carboxylic acid groups (broad SMARTS) is 1. The van der Waals surface area contributed by atoms with Gasteiger partial charge in [-0.3, -0.25) is 14.9 Å². The number of carbonyl (C=O) groups excluding carboxylic acids is 1. The summed E-state index contributed by atoms with van der Waals surface area (Å²) in [4.78, 5) is 33.3. The maximum Gasteiger partial charge on any atom is 0.326 e. The van der Waals surface area contributed by atoms with Gasteiger partial charge in [-0.25, -0.2) is 4.79 Å². The lowest BCUT2D eigenvalue weighted by Gasteiger charge is -2.16. The molecule has 21 heavy (non-hydrogen) atoms. The van der Waals surface area contributed by atoms with Crippen molar-refractivity contribution in [3.63, 3.8) is 0 Å². The number of hydrogen-bond acceptors (Lipinski definition) is 4. The molecule has 0 aliphatic rings. The van der Waals surface area contributed by atoms with Gasteiger partial charge in [-0.1, -0.05) is 13.8 Å². The van der Waals surface area contributed by atoms with Gasteiger partial charge >= 0.3 is 5.97 Å². The lowest BCUT2D eigenvalue weighted by Crippen LogP contribution is -2.41. The number of amides is 1. The van der Waals surface area contributed by atoms with Crippen molar-refractivity contribution in [1.29, 1.82) is 0 Å². The number of carboxylic acids is 1. The molecular weight excluding hydrogens is 344 g/mol. The maximum atomic E-state index is 12.0. The molecule has 0 aromatic heterocycles.